The molecule has 0 unspecified atom stereocenters. The molecule has 0 saturated carbocycles. The monoisotopic (exact) mass is 314 g/mol. The van der Waals surface area contributed by atoms with Crippen molar-refractivity contribution in [1.29, 1.82) is 0 Å². The first-order valence-electron chi connectivity index (χ1n) is 6.86. The summed E-state index contributed by atoms with van der Waals surface area (Å²) in [6.45, 7) is 1.94. The molecule has 3 rings (SSSR count). The molecule has 0 amide bonds. The highest BCUT2D eigenvalue weighted by Gasteiger charge is 2.11. The Morgan fingerprint density at radius 3 is 2.52 bits per heavy atom. The Balaban J connectivity index is 1.62. The average molecular weight is 314 g/mol. The quantitative estimate of drug-likeness (QED) is 0.669. The number of furan rings is 1. The molecule has 0 bridgehead atoms. The zero-order valence-electron chi connectivity index (χ0n) is 12.6. The second-order valence-electron chi connectivity index (χ2n) is 4.70. The molecule has 0 N–H and O–H groups in total. The number of nitrogens with zero attached hydrogens (tertiary/aromatic N) is 2. The molecule has 2 heterocycles. The molecule has 7 nitrogen and oxygen atoms in total. The van der Waals surface area contributed by atoms with Gasteiger partial charge in [0, 0.05) is 12.5 Å². The van der Waals surface area contributed by atoms with Crippen molar-refractivity contribution in [2.45, 2.75) is 13.5 Å². The fourth-order valence-corrected chi connectivity index (χ4v) is 1.93. The molecule has 7 heteroatoms. The van der Waals surface area contributed by atoms with Crippen molar-refractivity contribution in [1.82, 2.24) is 10.2 Å². The van der Waals surface area contributed by atoms with Gasteiger partial charge in [0.05, 0.1) is 7.11 Å². The largest absolute Gasteiger partial charge is 0.486 e. The number of hydrogen-bond acceptors (Lipinski definition) is 7. The Hall–Kier alpha value is -3.09. The number of aromatic nitrogens is 2. The van der Waals surface area contributed by atoms with Crippen LogP contribution in [0.5, 0.6) is 5.75 Å². The Morgan fingerprint density at radius 1 is 1.09 bits per heavy atom. The number of hydrogen-bond donors (Lipinski definition) is 0. The molecule has 0 saturated heterocycles. The predicted molar refractivity (Wildman–Crippen MR) is 78.9 cm³/mol. The number of esters is 1. The highest BCUT2D eigenvalue weighted by atomic mass is 16.5. The van der Waals surface area contributed by atoms with Crippen molar-refractivity contribution in [2.75, 3.05) is 7.11 Å². The molecule has 0 spiro atoms. The summed E-state index contributed by atoms with van der Waals surface area (Å²) in [5, 5.41) is 7.74. The first kappa shape index (κ1) is 14.8. The summed E-state index contributed by atoms with van der Waals surface area (Å²) in [7, 11) is 1.30. The summed E-state index contributed by atoms with van der Waals surface area (Å²) < 4.78 is 20.9. The molecule has 118 valence electrons. The maximum Gasteiger partial charge on any atom is 0.373 e. The number of benzene rings is 1. The molecule has 0 atom stereocenters. The topological polar surface area (TPSA) is 87.6 Å². The van der Waals surface area contributed by atoms with Crippen LogP contribution >= 0.6 is 0 Å². The molecule has 1 aromatic carbocycles. The van der Waals surface area contributed by atoms with Gasteiger partial charge in [-0.25, -0.2) is 4.79 Å². The summed E-state index contributed by atoms with van der Waals surface area (Å²) in [4.78, 5) is 11.3. The Morgan fingerprint density at radius 2 is 1.87 bits per heavy atom. The first-order valence-corrected chi connectivity index (χ1v) is 6.86. The smallest absolute Gasteiger partial charge is 0.373 e. The van der Waals surface area contributed by atoms with Crippen LogP contribution in [0.2, 0.25) is 0 Å². The Kier molecular flexibility index (Phi) is 4.09. The normalized spacial score (nSPS) is 10.5. The zero-order valence-corrected chi connectivity index (χ0v) is 12.6. The number of aryl methyl sites for hydroxylation is 1. The average Bonchev–Trinajstić information content (AvgIpc) is 3.22. The molecule has 23 heavy (non-hydrogen) atoms. The lowest BCUT2D eigenvalue weighted by atomic mass is 10.2. The number of rotatable bonds is 5. The van der Waals surface area contributed by atoms with Crippen molar-refractivity contribution >= 4 is 5.97 Å². The van der Waals surface area contributed by atoms with E-state index in [0.717, 1.165) is 5.56 Å². The first-order chi connectivity index (χ1) is 11.2. The maximum absolute atomic E-state index is 11.3. The van der Waals surface area contributed by atoms with Gasteiger partial charge in [-0.15, -0.1) is 10.2 Å². The lowest BCUT2D eigenvalue weighted by Gasteiger charge is -2.04. The molecule has 0 aliphatic carbocycles. The SMILES string of the molecule is COC(=O)c1ccc(COc2ccc(-c3nnc(C)o3)cc2)o1. The van der Waals surface area contributed by atoms with E-state index in [2.05, 4.69) is 14.9 Å². The van der Waals surface area contributed by atoms with Crippen LogP contribution in [0.25, 0.3) is 11.5 Å². The zero-order chi connectivity index (χ0) is 16.2. The molecular formula is C16H14N2O5. The van der Waals surface area contributed by atoms with Crippen molar-refractivity contribution in [2.24, 2.45) is 0 Å². The Labute approximate surface area is 131 Å². The van der Waals surface area contributed by atoms with Gasteiger partial charge in [-0.1, -0.05) is 0 Å². The number of ether oxygens (including phenoxy) is 2. The van der Waals surface area contributed by atoms with Crippen molar-refractivity contribution in [3.63, 3.8) is 0 Å². The maximum atomic E-state index is 11.3. The minimum absolute atomic E-state index is 0.146. The van der Waals surface area contributed by atoms with Gasteiger partial charge in [0.15, 0.2) is 0 Å². The van der Waals surface area contributed by atoms with E-state index in [0.29, 0.717) is 23.3 Å². The Bertz CT molecular complexity index is 804. The van der Waals surface area contributed by atoms with Crippen LogP contribution in [0, 0.1) is 6.92 Å². The third-order valence-corrected chi connectivity index (χ3v) is 3.06. The van der Waals surface area contributed by atoms with Gasteiger partial charge in [0.2, 0.25) is 17.5 Å². The minimum atomic E-state index is -0.518. The molecule has 0 fully saturated rings. The van der Waals surface area contributed by atoms with E-state index >= 15 is 0 Å². The van der Waals surface area contributed by atoms with Crippen molar-refractivity contribution in [3.8, 4) is 17.2 Å². The minimum Gasteiger partial charge on any atom is -0.486 e. The van der Waals surface area contributed by atoms with Gasteiger partial charge in [-0.05, 0) is 36.4 Å². The summed E-state index contributed by atoms with van der Waals surface area (Å²) in [5.74, 6) is 1.79. The van der Waals surface area contributed by atoms with Gasteiger partial charge in [0.25, 0.3) is 0 Å². The van der Waals surface area contributed by atoms with Gasteiger partial charge >= 0.3 is 5.97 Å². The summed E-state index contributed by atoms with van der Waals surface area (Å²) in [6.07, 6.45) is 0. The van der Waals surface area contributed by atoms with E-state index in [1.807, 2.05) is 12.1 Å². The fourth-order valence-electron chi connectivity index (χ4n) is 1.93. The highest BCUT2D eigenvalue weighted by Crippen LogP contribution is 2.22. The van der Waals surface area contributed by atoms with E-state index in [-0.39, 0.29) is 12.4 Å². The molecule has 3 aromatic rings. The number of methoxy groups -OCH3 is 1. The van der Waals surface area contributed by atoms with E-state index < -0.39 is 5.97 Å². The van der Waals surface area contributed by atoms with Gasteiger partial charge in [-0.2, -0.15) is 0 Å². The van der Waals surface area contributed by atoms with E-state index in [1.54, 1.807) is 31.2 Å². The van der Waals surface area contributed by atoms with Crippen LogP contribution in [-0.2, 0) is 11.3 Å². The van der Waals surface area contributed by atoms with Crippen molar-refractivity contribution < 1.29 is 23.1 Å². The second-order valence-corrected chi connectivity index (χ2v) is 4.70. The molecule has 0 aliphatic heterocycles. The number of carbonyl (C=O) groups excluding carboxylic acids is 1. The fraction of sp³-hybridized carbons (Fsp3) is 0.188. The van der Waals surface area contributed by atoms with Crippen LogP contribution in [-0.4, -0.2) is 23.3 Å². The van der Waals surface area contributed by atoms with Crippen LogP contribution in [0.1, 0.15) is 22.2 Å². The molecule has 0 aliphatic rings. The lowest BCUT2D eigenvalue weighted by Crippen LogP contribution is -1.99. The highest BCUT2D eigenvalue weighted by molar-refractivity contribution is 5.86. The third kappa shape index (κ3) is 3.39. The van der Waals surface area contributed by atoms with Crippen LogP contribution in [0.4, 0.5) is 0 Å². The van der Waals surface area contributed by atoms with Crippen LogP contribution in [0.15, 0.2) is 45.2 Å². The van der Waals surface area contributed by atoms with Gasteiger partial charge in [-0.3, -0.25) is 0 Å². The van der Waals surface area contributed by atoms with Gasteiger partial charge in [0.1, 0.15) is 18.1 Å². The summed E-state index contributed by atoms with van der Waals surface area (Å²) in [6, 6.07) is 10.4. The van der Waals surface area contributed by atoms with E-state index in [1.165, 1.54) is 7.11 Å². The third-order valence-electron chi connectivity index (χ3n) is 3.06. The van der Waals surface area contributed by atoms with E-state index in [4.69, 9.17) is 13.6 Å². The molecular weight excluding hydrogens is 300 g/mol. The molecule has 0 radical (unpaired) electrons. The summed E-state index contributed by atoms with van der Waals surface area (Å²) >= 11 is 0. The second kappa shape index (κ2) is 6.35. The van der Waals surface area contributed by atoms with Crippen LogP contribution < -0.4 is 4.74 Å². The van der Waals surface area contributed by atoms with Gasteiger partial charge < -0.3 is 18.3 Å². The summed E-state index contributed by atoms with van der Waals surface area (Å²) in [5.41, 5.74) is 0.809. The standard InChI is InChI=1S/C16H14N2O5/c1-10-17-18-15(22-10)11-3-5-12(6-4-11)21-9-13-7-8-14(23-13)16(19)20-2/h3-8H,9H2,1-2H3. The molecule has 2 aromatic heterocycles. The number of carbonyl (C=O) groups is 1. The predicted octanol–water partition coefficient (Wildman–Crippen LogP) is 3.00. The van der Waals surface area contributed by atoms with Crippen LogP contribution in [0.3, 0.4) is 0 Å². The van der Waals surface area contributed by atoms with E-state index in [9.17, 15) is 4.79 Å². The van der Waals surface area contributed by atoms with Crippen molar-refractivity contribution in [3.05, 3.63) is 53.8 Å². The lowest BCUT2D eigenvalue weighted by molar-refractivity contribution is 0.0561.